The SMILES string of the molecule is [3H]c1cccc2c1[C@H](C)[C@H](C)N2c1ccc[c-]c1[C@H](C)[CH-]C.[Y].[Y].[Y].[Y].[Y].[Y].[Y].[Y].[Y].[Y].[Y]. The number of hydrogen-bond donors (Lipinski definition) is 0. The summed E-state index contributed by atoms with van der Waals surface area (Å²) in [6, 6.07) is 16.7. The Morgan fingerprint density at radius 1 is 0.844 bits per heavy atom. The van der Waals surface area contributed by atoms with Gasteiger partial charge in [0, 0.05) is 377 Å². The van der Waals surface area contributed by atoms with Crippen LogP contribution in [0.5, 0.6) is 0 Å². The Balaban J connectivity index is -0.0000000748. The minimum atomic E-state index is 0. The molecular formula is C20H23NY11-2. The zero-order chi connectivity index (χ0) is 15.9. The summed E-state index contributed by atoms with van der Waals surface area (Å²) in [4.78, 5) is 2.39. The maximum atomic E-state index is 8.26. The summed E-state index contributed by atoms with van der Waals surface area (Å²) in [6.07, 6.45) is 2.21. The number of benzene rings is 2. The van der Waals surface area contributed by atoms with E-state index in [0.29, 0.717) is 23.9 Å². The molecule has 0 saturated heterocycles. The number of anilines is 2. The van der Waals surface area contributed by atoms with Gasteiger partial charge in [-0.3, -0.25) is 0 Å². The van der Waals surface area contributed by atoms with Gasteiger partial charge in [0.2, 0.25) is 0 Å². The second-order valence-corrected chi connectivity index (χ2v) is 5.96. The summed E-state index contributed by atoms with van der Waals surface area (Å²) >= 11 is 0. The van der Waals surface area contributed by atoms with Gasteiger partial charge in [-0.1, -0.05) is 37.7 Å². The van der Waals surface area contributed by atoms with Crippen molar-refractivity contribution in [3.8, 4) is 0 Å². The van der Waals surface area contributed by atoms with Gasteiger partial charge in [-0.25, -0.2) is 0 Å². The number of nitrogens with zero attached hydrogens (tertiary/aromatic N) is 1. The van der Waals surface area contributed by atoms with Crippen molar-refractivity contribution in [1.29, 1.82) is 0 Å². The van der Waals surface area contributed by atoms with Gasteiger partial charge in [-0.15, -0.1) is 6.07 Å². The van der Waals surface area contributed by atoms with E-state index in [2.05, 4.69) is 63.3 Å². The normalized spacial score (nSPS) is 15.0. The first kappa shape index (κ1) is 61.4. The van der Waals surface area contributed by atoms with Gasteiger partial charge >= 0.3 is 0 Å². The van der Waals surface area contributed by atoms with E-state index in [1.165, 1.54) is 16.9 Å². The zero-order valence-corrected chi connectivity index (χ0v) is 50.8. The summed E-state index contributed by atoms with van der Waals surface area (Å²) in [7, 11) is 0. The Labute approximate surface area is 475 Å². The predicted molar refractivity (Wildman–Crippen MR) is 90.1 cm³/mol. The molecule has 0 saturated carbocycles. The number of para-hydroxylation sites is 1. The van der Waals surface area contributed by atoms with Crippen LogP contribution in [-0.2, 0) is 360 Å². The van der Waals surface area contributed by atoms with Gasteiger partial charge < -0.3 is 11.3 Å². The summed E-state index contributed by atoms with van der Waals surface area (Å²) in [6.45, 7) is 8.78. The summed E-state index contributed by atoms with van der Waals surface area (Å²) in [5.74, 6) is 0.722. The Kier molecular flexibility index (Phi) is 68.8. The van der Waals surface area contributed by atoms with E-state index in [4.69, 9.17) is 1.37 Å². The first-order valence-corrected chi connectivity index (χ1v) is 7.75. The van der Waals surface area contributed by atoms with Crippen LogP contribution >= 0.6 is 0 Å². The predicted octanol–water partition coefficient (Wildman–Crippen LogP) is 5.43. The first-order chi connectivity index (χ1) is 10.6. The summed E-state index contributed by atoms with van der Waals surface area (Å²) < 4.78 is 8.26. The molecule has 32 heavy (non-hydrogen) atoms. The van der Waals surface area contributed by atoms with Crippen LogP contribution in [0.2, 0.25) is 0 Å². The molecule has 3 atom stereocenters. The molecule has 143 valence electrons. The van der Waals surface area contributed by atoms with Crippen molar-refractivity contribution in [2.24, 2.45) is 0 Å². The Bertz CT molecular complexity index is 709. The molecule has 0 spiro atoms. The third-order valence-corrected chi connectivity index (χ3v) is 4.79. The van der Waals surface area contributed by atoms with Gasteiger partial charge in [0.1, 0.15) is 0 Å². The average molecular weight is 1260 g/mol. The molecular weight excluding hydrogens is 1230 g/mol. The van der Waals surface area contributed by atoms with E-state index < -0.39 is 0 Å². The molecule has 1 heterocycles. The second-order valence-electron chi connectivity index (χ2n) is 5.96. The van der Waals surface area contributed by atoms with Gasteiger partial charge in [0.25, 0.3) is 0 Å². The van der Waals surface area contributed by atoms with Crippen LogP contribution in [0, 0.1) is 12.5 Å². The van der Waals surface area contributed by atoms with E-state index >= 15 is 0 Å². The summed E-state index contributed by atoms with van der Waals surface area (Å²) in [5.41, 5.74) is 4.79. The van der Waals surface area contributed by atoms with Crippen LogP contribution < -0.4 is 4.90 Å². The number of rotatable bonds is 3. The molecule has 11 radical (unpaired) electrons. The molecule has 1 aliphatic heterocycles. The topological polar surface area (TPSA) is 3.24 Å². The van der Waals surface area contributed by atoms with Gasteiger partial charge in [-0.2, -0.15) is 36.6 Å². The average Bonchev–Trinajstić information content (AvgIpc) is 2.79. The third-order valence-electron chi connectivity index (χ3n) is 4.79. The largest absolute Gasteiger partial charge is 0.392 e. The van der Waals surface area contributed by atoms with Crippen molar-refractivity contribution < 1.29 is 361 Å². The monoisotopic (exact) mass is 1260 g/mol. The van der Waals surface area contributed by atoms with Crippen molar-refractivity contribution in [2.75, 3.05) is 4.90 Å². The molecule has 0 amide bonds. The van der Waals surface area contributed by atoms with Crippen LogP contribution in [-0.4, -0.2) is 6.04 Å². The van der Waals surface area contributed by atoms with Crippen LogP contribution in [0.15, 0.2) is 42.4 Å². The van der Waals surface area contributed by atoms with E-state index in [-0.39, 0.29) is 360 Å². The maximum Gasteiger partial charge on any atom is 0.0626 e. The number of hydrogen-bond acceptors (Lipinski definition) is 1. The minimum Gasteiger partial charge on any atom is -0.392 e. The van der Waals surface area contributed by atoms with Crippen molar-refractivity contribution in [1.82, 2.24) is 0 Å². The molecule has 0 fully saturated rings. The van der Waals surface area contributed by atoms with Crippen molar-refractivity contribution in [3.05, 3.63) is 66.1 Å². The molecule has 0 N–H and O–H groups in total. The Morgan fingerprint density at radius 3 is 1.84 bits per heavy atom. The molecule has 12 heteroatoms. The minimum absolute atomic E-state index is 0. The fourth-order valence-corrected chi connectivity index (χ4v) is 3.23. The fraction of sp³-hybridized carbons (Fsp3) is 0.350. The van der Waals surface area contributed by atoms with E-state index in [1.54, 1.807) is 0 Å². The molecule has 0 aromatic heterocycles. The quantitative estimate of drug-likeness (QED) is 0.372. The molecule has 0 bridgehead atoms. The molecule has 3 rings (SSSR count). The zero-order valence-electron chi connectivity index (χ0n) is 20.6. The molecule has 1 nitrogen and oxygen atoms in total. The van der Waals surface area contributed by atoms with Gasteiger partial charge in [0.15, 0.2) is 0 Å². The second kappa shape index (κ2) is 35.9. The Hall–Kier alpha value is 10.4. The van der Waals surface area contributed by atoms with E-state index in [9.17, 15) is 0 Å². The standard InChI is InChI=1S/C20H23N.11Y/c1-5-14(2)17-10-6-8-12-19(17)21-16(4)15(3)18-11-7-9-13-20(18)21;;;;;;;;;;;/h5-9,11-16H,1-4H3;;;;;;;;;;;/q-2;;;;;;;;;;;/t14-,15-,16+;;;;;;;;;;;/m1.........../s1/i11T;;;;;;;;;;;. The van der Waals surface area contributed by atoms with Gasteiger partial charge in [-0.05, 0) is 18.6 Å². The van der Waals surface area contributed by atoms with Crippen molar-refractivity contribution in [2.45, 2.75) is 45.6 Å². The maximum absolute atomic E-state index is 8.26. The Morgan fingerprint density at radius 2 is 1.34 bits per heavy atom. The van der Waals surface area contributed by atoms with Crippen LogP contribution in [0.1, 0.15) is 52.0 Å². The summed E-state index contributed by atoms with van der Waals surface area (Å²) in [5, 5.41) is 0. The van der Waals surface area contributed by atoms with Crippen LogP contribution in [0.25, 0.3) is 0 Å². The molecule has 2 aromatic carbocycles. The van der Waals surface area contributed by atoms with E-state index in [1.807, 2.05) is 18.2 Å². The molecule has 0 unspecified atom stereocenters. The molecule has 2 aromatic rings. The van der Waals surface area contributed by atoms with E-state index in [0.717, 1.165) is 5.56 Å². The molecule has 1 aliphatic rings. The fourth-order valence-electron chi connectivity index (χ4n) is 3.23. The first-order valence-electron chi connectivity index (χ1n) is 8.25. The third kappa shape index (κ3) is 18.4. The van der Waals surface area contributed by atoms with Crippen molar-refractivity contribution in [3.63, 3.8) is 0 Å². The van der Waals surface area contributed by atoms with Crippen molar-refractivity contribution >= 4 is 11.4 Å². The molecule has 0 aliphatic carbocycles. The van der Waals surface area contributed by atoms with Gasteiger partial charge in [0.05, 0.1) is 1.37 Å². The smallest absolute Gasteiger partial charge is 0.0626 e. The van der Waals surface area contributed by atoms with Crippen LogP contribution in [0.4, 0.5) is 11.4 Å². The van der Waals surface area contributed by atoms with Crippen LogP contribution in [0.3, 0.4) is 0 Å². The number of fused-ring (bicyclic) bond motifs is 1.